The Morgan fingerprint density at radius 3 is 2.29 bits per heavy atom. The SMILES string of the molecule is N#Cc1ccc(C2CCN(C(=O)c3ccc(OC(F)(F)F)c(NS(=O)(=O)Cc4ccccc4)c3)CC2)cc1. The molecule has 4 rings (SSSR count). The van der Waals surface area contributed by atoms with Gasteiger partial charge in [0.1, 0.15) is 0 Å². The van der Waals surface area contributed by atoms with Crippen LogP contribution in [0.25, 0.3) is 0 Å². The maximum atomic E-state index is 13.2. The molecule has 198 valence electrons. The van der Waals surface area contributed by atoms with E-state index in [1.807, 2.05) is 12.1 Å². The van der Waals surface area contributed by atoms with Gasteiger partial charge in [0.25, 0.3) is 5.91 Å². The van der Waals surface area contributed by atoms with Crippen molar-refractivity contribution in [3.05, 3.63) is 95.1 Å². The fourth-order valence-corrected chi connectivity index (χ4v) is 5.58. The smallest absolute Gasteiger partial charge is 0.404 e. The number of sulfonamides is 1. The molecular formula is C27H24F3N3O4S. The van der Waals surface area contributed by atoms with Crippen LogP contribution in [0.1, 0.15) is 45.8 Å². The fraction of sp³-hybridized carbons (Fsp3) is 0.259. The van der Waals surface area contributed by atoms with Crippen molar-refractivity contribution in [2.45, 2.75) is 30.9 Å². The van der Waals surface area contributed by atoms with E-state index in [9.17, 15) is 26.4 Å². The van der Waals surface area contributed by atoms with Gasteiger partial charge >= 0.3 is 6.36 Å². The number of hydrogen-bond donors (Lipinski definition) is 1. The molecule has 1 aliphatic rings. The number of benzene rings is 3. The number of piperidine rings is 1. The minimum absolute atomic E-state index is 0.0359. The molecule has 1 aliphatic heterocycles. The van der Waals surface area contributed by atoms with Crippen molar-refractivity contribution in [3.63, 3.8) is 0 Å². The molecule has 1 fully saturated rings. The monoisotopic (exact) mass is 543 g/mol. The molecule has 1 amide bonds. The Labute approximate surface area is 218 Å². The number of likely N-dealkylation sites (tertiary alicyclic amines) is 1. The maximum absolute atomic E-state index is 13.2. The van der Waals surface area contributed by atoms with E-state index < -0.39 is 39.5 Å². The Hall–Kier alpha value is -4.04. The van der Waals surface area contributed by atoms with Gasteiger partial charge in [-0.2, -0.15) is 5.26 Å². The highest BCUT2D eigenvalue weighted by atomic mass is 32.2. The van der Waals surface area contributed by atoms with E-state index in [-0.39, 0.29) is 11.5 Å². The summed E-state index contributed by atoms with van der Waals surface area (Å²) in [6.07, 6.45) is -3.72. The molecule has 38 heavy (non-hydrogen) atoms. The average molecular weight is 544 g/mol. The molecule has 0 atom stereocenters. The minimum atomic E-state index is -5.06. The predicted octanol–water partition coefficient (Wildman–Crippen LogP) is 5.42. The van der Waals surface area contributed by atoms with Gasteiger partial charge in [0, 0.05) is 18.7 Å². The van der Waals surface area contributed by atoms with Crippen LogP contribution in [0.15, 0.2) is 72.8 Å². The standard InChI is InChI=1S/C27H24F3N3O4S/c28-27(29,30)37-25-11-10-23(16-24(25)32-38(35,36)18-20-4-2-1-3-5-20)26(34)33-14-12-22(13-15-33)21-8-6-19(17-31)7-9-21/h1-11,16,22,32H,12-15,18H2. The van der Waals surface area contributed by atoms with E-state index >= 15 is 0 Å². The third-order valence-electron chi connectivity index (χ3n) is 6.21. The van der Waals surface area contributed by atoms with Gasteiger partial charge in [-0.25, -0.2) is 8.42 Å². The number of carbonyl (C=O) groups excluding carboxylic acids is 1. The molecular weight excluding hydrogens is 519 g/mol. The molecule has 1 N–H and O–H groups in total. The van der Waals surface area contributed by atoms with Gasteiger partial charge in [-0.15, -0.1) is 13.2 Å². The van der Waals surface area contributed by atoms with Crippen LogP contribution in [0.4, 0.5) is 18.9 Å². The van der Waals surface area contributed by atoms with Crippen LogP contribution in [0.3, 0.4) is 0 Å². The van der Waals surface area contributed by atoms with Crippen molar-refractivity contribution in [1.82, 2.24) is 4.90 Å². The highest BCUT2D eigenvalue weighted by Gasteiger charge is 2.33. The highest BCUT2D eigenvalue weighted by molar-refractivity contribution is 7.91. The first-order valence-corrected chi connectivity index (χ1v) is 13.4. The number of nitrogens with one attached hydrogen (secondary N) is 1. The van der Waals surface area contributed by atoms with Crippen LogP contribution in [0.5, 0.6) is 5.75 Å². The van der Waals surface area contributed by atoms with Crippen molar-refractivity contribution >= 4 is 21.6 Å². The highest BCUT2D eigenvalue weighted by Crippen LogP contribution is 2.34. The van der Waals surface area contributed by atoms with Gasteiger partial charge in [0.15, 0.2) is 5.75 Å². The molecule has 3 aromatic carbocycles. The number of amides is 1. The lowest BCUT2D eigenvalue weighted by molar-refractivity contribution is -0.274. The summed E-state index contributed by atoms with van der Waals surface area (Å²) < 4.78 is 70.5. The summed E-state index contributed by atoms with van der Waals surface area (Å²) in [4.78, 5) is 14.8. The summed E-state index contributed by atoms with van der Waals surface area (Å²) >= 11 is 0. The number of carbonyl (C=O) groups is 1. The lowest BCUT2D eigenvalue weighted by Gasteiger charge is -2.32. The normalized spacial score (nSPS) is 14.5. The average Bonchev–Trinajstić information content (AvgIpc) is 2.89. The van der Waals surface area contributed by atoms with Gasteiger partial charge in [0.05, 0.1) is 23.1 Å². The fourth-order valence-electron chi connectivity index (χ4n) is 4.38. The summed E-state index contributed by atoms with van der Waals surface area (Å²) in [6.45, 7) is 0.832. The molecule has 0 aliphatic carbocycles. The Balaban J connectivity index is 1.51. The first kappa shape index (κ1) is 27.0. The van der Waals surface area contributed by atoms with Gasteiger partial charge in [-0.3, -0.25) is 9.52 Å². The summed E-state index contributed by atoms with van der Waals surface area (Å²) in [6, 6.07) is 20.7. The predicted molar refractivity (Wildman–Crippen MR) is 135 cm³/mol. The molecule has 0 aromatic heterocycles. The van der Waals surface area contributed by atoms with Crippen LogP contribution in [0, 0.1) is 11.3 Å². The van der Waals surface area contributed by atoms with Crippen molar-refractivity contribution in [3.8, 4) is 11.8 Å². The van der Waals surface area contributed by atoms with Crippen LogP contribution < -0.4 is 9.46 Å². The van der Waals surface area contributed by atoms with Crippen LogP contribution in [-0.2, 0) is 15.8 Å². The molecule has 1 heterocycles. The topological polar surface area (TPSA) is 99.5 Å². The molecule has 0 radical (unpaired) electrons. The van der Waals surface area contributed by atoms with Crippen molar-refractivity contribution in [2.75, 3.05) is 17.8 Å². The first-order chi connectivity index (χ1) is 18.0. The van der Waals surface area contributed by atoms with Gasteiger partial charge in [-0.1, -0.05) is 42.5 Å². The zero-order valence-electron chi connectivity index (χ0n) is 20.1. The molecule has 11 heteroatoms. The first-order valence-electron chi connectivity index (χ1n) is 11.8. The third kappa shape index (κ3) is 7.04. The maximum Gasteiger partial charge on any atom is 0.573 e. The largest absolute Gasteiger partial charge is 0.573 e. The zero-order valence-corrected chi connectivity index (χ0v) is 20.9. The Morgan fingerprint density at radius 2 is 1.68 bits per heavy atom. The third-order valence-corrected chi connectivity index (χ3v) is 7.45. The molecule has 0 unspecified atom stereocenters. The number of anilines is 1. The molecule has 3 aromatic rings. The Morgan fingerprint density at radius 1 is 1.03 bits per heavy atom. The van der Waals surface area contributed by atoms with Gasteiger partial charge in [-0.05, 0) is 60.2 Å². The van der Waals surface area contributed by atoms with Gasteiger partial charge in [0.2, 0.25) is 10.0 Å². The van der Waals surface area contributed by atoms with E-state index in [0.717, 1.165) is 17.7 Å². The van der Waals surface area contributed by atoms with Crippen LogP contribution in [-0.4, -0.2) is 38.7 Å². The number of nitriles is 1. The lowest BCUT2D eigenvalue weighted by atomic mass is 9.89. The van der Waals surface area contributed by atoms with E-state index in [1.165, 1.54) is 6.07 Å². The Bertz CT molecular complexity index is 1430. The number of ether oxygens (including phenoxy) is 1. The zero-order chi connectivity index (χ0) is 27.3. The minimum Gasteiger partial charge on any atom is -0.404 e. The molecule has 0 spiro atoms. The van der Waals surface area contributed by atoms with E-state index in [1.54, 1.807) is 47.4 Å². The summed E-state index contributed by atoms with van der Waals surface area (Å²) in [5, 5.41) is 8.97. The second kappa shape index (κ2) is 11.1. The number of alkyl halides is 3. The number of nitrogens with zero attached hydrogens (tertiary/aromatic N) is 2. The van der Waals surface area contributed by atoms with Crippen molar-refractivity contribution < 1.29 is 31.1 Å². The molecule has 7 nitrogen and oxygen atoms in total. The number of rotatable bonds is 7. The lowest BCUT2D eigenvalue weighted by Crippen LogP contribution is -2.38. The van der Waals surface area contributed by atoms with Crippen molar-refractivity contribution in [1.29, 1.82) is 5.26 Å². The molecule has 0 saturated carbocycles. The van der Waals surface area contributed by atoms with Crippen LogP contribution in [0.2, 0.25) is 0 Å². The summed E-state index contributed by atoms with van der Waals surface area (Å²) in [5.41, 5.74) is 1.63. The van der Waals surface area contributed by atoms with Crippen molar-refractivity contribution in [2.24, 2.45) is 0 Å². The quantitative estimate of drug-likeness (QED) is 0.429. The van der Waals surface area contributed by atoms with E-state index in [2.05, 4.69) is 15.5 Å². The Kier molecular flexibility index (Phi) is 7.92. The summed E-state index contributed by atoms with van der Waals surface area (Å²) in [5.74, 6) is -1.45. The van der Waals surface area contributed by atoms with E-state index in [4.69, 9.17) is 5.26 Å². The molecule has 1 saturated heterocycles. The number of hydrogen-bond acceptors (Lipinski definition) is 5. The van der Waals surface area contributed by atoms with E-state index in [0.29, 0.717) is 37.1 Å². The van der Waals surface area contributed by atoms with Crippen LogP contribution >= 0.6 is 0 Å². The molecule has 0 bridgehead atoms. The second-order valence-electron chi connectivity index (χ2n) is 8.91. The number of halogens is 3. The second-order valence-corrected chi connectivity index (χ2v) is 10.6. The van der Waals surface area contributed by atoms with Gasteiger partial charge < -0.3 is 9.64 Å². The summed E-state index contributed by atoms with van der Waals surface area (Å²) in [7, 11) is -4.12.